The van der Waals surface area contributed by atoms with Crippen molar-refractivity contribution in [2.75, 3.05) is 5.32 Å². The van der Waals surface area contributed by atoms with Crippen LogP contribution < -0.4 is 11.1 Å². The number of hydrogen-bond donors (Lipinski definition) is 2. The number of hydrogen-bond acceptors (Lipinski definition) is 3. The summed E-state index contributed by atoms with van der Waals surface area (Å²) in [6.45, 7) is 7.71. The van der Waals surface area contributed by atoms with Gasteiger partial charge in [0.2, 0.25) is 5.91 Å². The number of aromatic nitrogens is 1. The smallest absolute Gasteiger partial charge is 0.241 e. The van der Waals surface area contributed by atoms with E-state index < -0.39 is 6.04 Å². The Labute approximate surface area is 110 Å². The molecule has 0 aliphatic heterocycles. The molecule has 0 bridgehead atoms. The molecule has 1 unspecified atom stereocenters. The molecule has 94 valence electrons. The van der Waals surface area contributed by atoms with Crippen molar-refractivity contribution in [3.05, 3.63) is 22.4 Å². The Morgan fingerprint density at radius 1 is 1.53 bits per heavy atom. The highest BCUT2D eigenvalue weighted by Crippen LogP contribution is 2.20. The first kappa shape index (κ1) is 14.1. The normalized spacial score (nSPS) is 13.3. The van der Waals surface area contributed by atoms with Gasteiger partial charge in [0.15, 0.2) is 0 Å². The number of nitrogens with one attached hydrogen (secondary N) is 1. The third-order valence-electron chi connectivity index (χ3n) is 2.50. The molecule has 0 spiro atoms. The van der Waals surface area contributed by atoms with E-state index in [1.807, 2.05) is 33.8 Å². The van der Waals surface area contributed by atoms with Crippen LogP contribution in [-0.4, -0.2) is 16.9 Å². The predicted molar refractivity (Wildman–Crippen MR) is 72.7 cm³/mol. The first-order valence-electron chi connectivity index (χ1n) is 5.40. The summed E-state index contributed by atoms with van der Waals surface area (Å²) in [5.74, 6) is -0.193. The number of nitrogens with two attached hydrogens (primary N) is 1. The molecule has 1 rings (SSSR count). The van der Waals surface area contributed by atoms with Crippen molar-refractivity contribution in [3.63, 3.8) is 0 Å². The minimum absolute atomic E-state index is 0.193. The average Bonchev–Trinajstić information content (AvgIpc) is 2.21. The Kier molecular flexibility index (Phi) is 4.27. The van der Waals surface area contributed by atoms with Crippen molar-refractivity contribution >= 4 is 27.5 Å². The molecule has 1 aromatic heterocycles. The highest BCUT2D eigenvalue weighted by atomic mass is 79.9. The van der Waals surface area contributed by atoms with Gasteiger partial charge in [-0.1, -0.05) is 20.8 Å². The van der Waals surface area contributed by atoms with Gasteiger partial charge in [-0.3, -0.25) is 4.79 Å². The molecule has 0 aliphatic rings. The molecule has 1 heterocycles. The summed E-state index contributed by atoms with van der Waals surface area (Å²) < 4.78 is 0.774. The van der Waals surface area contributed by atoms with Crippen molar-refractivity contribution < 1.29 is 4.79 Å². The number of carbonyl (C=O) groups is 1. The molecule has 0 saturated heterocycles. The molecule has 0 aromatic carbocycles. The Morgan fingerprint density at radius 2 is 2.12 bits per heavy atom. The Bertz CT molecular complexity index is 426. The monoisotopic (exact) mass is 299 g/mol. The Morgan fingerprint density at radius 3 is 2.59 bits per heavy atom. The van der Waals surface area contributed by atoms with Crippen molar-refractivity contribution in [2.24, 2.45) is 11.1 Å². The number of halogens is 1. The van der Waals surface area contributed by atoms with Crippen molar-refractivity contribution in [1.82, 2.24) is 4.98 Å². The van der Waals surface area contributed by atoms with E-state index in [1.165, 1.54) is 0 Å². The fraction of sp³-hybridized carbons (Fsp3) is 0.500. The third kappa shape index (κ3) is 3.78. The van der Waals surface area contributed by atoms with Gasteiger partial charge in [0.25, 0.3) is 0 Å². The van der Waals surface area contributed by atoms with Crippen molar-refractivity contribution in [1.29, 1.82) is 0 Å². The van der Waals surface area contributed by atoms with Gasteiger partial charge in [-0.05, 0) is 39.9 Å². The fourth-order valence-electron chi connectivity index (χ4n) is 1.24. The van der Waals surface area contributed by atoms with E-state index in [0.717, 1.165) is 10.2 Å². The number of rotatable bonds is 2. The van der Waals surface area contributed by atoms with Crippen LogP contribution in [0.5, 0.6) is 0 Å². The molecule has 3 N–H and O–H groups in total. The molecule has 5 heteroatoms. The highest BCUT2D eigenvalue weighted by molar-refractivity contribution is 9.10. The van der Waals surface area contributed by atoms with E-state index in [0.29, 0.717) is 5.69 Å². The third-order valence-corrected chi connectivity index (χ3v) is 3.33. The zero-order chi connectivity index (χ0) is 13.2. The molecular formula is C12H18BrN3O. The summed E-state index contributed by atoms with van der Waals surface area (Å²) in [6, 6.07) is 1.30. The average molecular weight is 300 g/mol. The second kappa shape index (κ2) is 5.14. The van der Waals surface area contributed by atoms with Gasteiger partial charge >= 0.3 is 0 Å². The highest BCUT2D eigenvalue weighted by Gasteiger charge is 2.27. The molecule has 4 nitrogen and oxygen atoms in total. The Hall–Kier alpha value is -0.940. The predicted octanol–water partition coefficient (Wildman–Crippen LogP) is 2.46. The fourth-order valence-corrected chi connectivity index (χ4v) is 1.46. The van der Waals surface area contributed by atoms with Crippen LogP contribution in [0.1, 0.15) is 26.3 Å². The van der Waals surface area contributed by atoms with E-state index in [-0.39, 0.29) is 11.3 Å². The molecule has 0 aliphatic carbocycles. The number of amides is 1. The van der Waals surface area contributed by atoms with Crippen LogP contribution in [-0.2, 0) is 4.79 Å². The van der Waals surface area contributed by atoms with Crippen LogP contribution in [0.2, 0.25) is 0 Å². The van der Waals surface area contributed by atoms with Gasteiger partial charge in [-0.2, -0.15) is 0 Å². The Balaban J connectivity index is 2.78. The lowest BCUT2D eigenvalue weighted by Gasteiger charge is -2.25. The zero-order valence-corrected chi connectivity index (χ0v) is 12.1. The topological polar surface area (TPSA) is 68.0 Å². The van der Waals surface area contributed by atoms with E-state index in [9.17, 15) is 4.79 Å². The molecule has 17 heavy (non-hydrogen) atoms. The van der Waals surface area contributed by atoms with Crippen molar-refractivity contribution in [3.8, 4) is 0 Å². The lowest BCUT2D eigenvalue weighted by atomic mass is 9.87. The lowest BCUT2D eigenvalue weighted by molar-refractivity contribution is -0.119. The molecule has 1 atom stereocenters. The lowest BCUT2D eigenvalue weighted by Crippen LogP contribution is -2.45. The van der Waals surface area contributed by atoms with Crippen LogP contribution in [0.3, 0.4) is 0 Å². The van der Waals surface area contributed by atoms with Crippen LogP contribution >= 0.6 is 15.9 Å². The largest absolute Gasteiger partial charge is 0.323 e. The first-order chi connectivity index (χ1) is 7.71. The number of nitrogens with zero attached hydrogens (tertiary/aromatic N) is 1. The van der Waals surface area contributed by atoms with Gasteiger partial charge in [0.1, 0.15) is 4.60 Å². The summed E-state index contributed by atoms with van der Waals surface area (Å²) >= 11 is 3.31. The zero-order valence-electron chi connectivity index (χ0n) is 10.5. The maximum absolute atomic E-state index is 11.9. The SMILES string of the molecule is Cc1cc(NC(=O)C(N)C(C)(C)C)cnc1Br. The van der Waals surface area contributed by atoms with E-state index in [2.05, 4.69) is 26.2 Å². The van der Waals surface area contributed by atoms with E-state index in [1.54, 1.807) is 6.20 Å². The maximum atomic E-state index is 11.9. The quantitative estimate of drug-likeness (QED) is 0.824. The van der Waals surface area contributed by atoms with Crippen LogP contribution in [0.15, 0.2) is 16.9 Å². The number of aryl methyl sites for hydroxylation is 1. The second-order valence-corrected chi connectivity index (χ2v) is 5.92. The van der Waals surface area contributed by atoms with Crippen LogP contribution in [0.4, 0.5) is 5.69 Å². The molecule has 0 saturated carbocycles. The molecular weight excluding hydrogens is 282 g/mol. The standard InChI is InChI=1S/C12H18BrN3O/c1-7-5-8(6-15-10(7)13)16-11(17)9(14)12(2,3)4/h5-6,9H,14H2,1-4H3,(H,16,17). The number of pyridine rings is 1. The first-order valence-corrected chi connectivity index (χ1v) is 6.19. The van der Waals surface area contributed by atoms with Crippen molar-refractivity contribution in [2.45, 2.75) is 33.7 Å². The molecule has 1 amide bonds. The number of anilines is 1. The summed E-state index contributed by atoms with van der Waals surface area (Å²) in [5.41, 5.74) is 7.23. The molecule has 0 fully saturated rings. The maximum Gasteiger partial charge on any atom is 0.241 e. The molecule has 1 aromatic rings. The van der Waals surface area contributed by atoms with E-state index in [4.69, 9.17) is 5.73 Å². The van der Waals surface area contributed by atoms with Gasteiger partial charge in [0.05, 0.1) is 17.9 Å². The summed E-state index contributed by atoms with van der Waals surface area (Å²) in [7, 11) is 0. The van der Waals surface area contributed by atoms with Crippen LogP contribution in [0, 0.1) is 12.3 Å². The minimum atomic E-state index is -0.550. The summed E-state index contributed by atoms with van der Waals surface area (Å²) in [5, 5.41) is 2.77. The van der Waals surface area contributed by atoms with Gasteiger partial charge in [-0.25, -0.2) is 4.98 Å². The van der Waals surface area contributed by atoms with Crippen LogP contribution in [0.25, 0.3) is 0 Å². The minimum Gasteiger partial charge on any atom is -0.323 e. The summed E-state index contributed by atoms with van der Waals surface area (Å²) in [4.78, 5) is 16.0. The second-order valence-electron chi connectivity index (χ2n) is 5.16. The number of carbonyl (C=O) groups excluding carboxylic acids is 1. The van der Waals surface area contributed by atoms with E-state index >= 15 is 0 Å². The van der Waals surface area contributed by atoms with Gasteiger partial charge in [0, 0.05) is 0 Å². The summed E-state index contributed by atoms with van der Waals surface area (Å²) in [6.07, 6.45) is 1.60. The van der Waals surface area contributed by atoms with Gasteiger partial charge < -0.3 is 11.1 Å². The van der Waals surface area contributed by atoms with Gasteiger partial charge in [-0.15, -0.1) is 0 Å². The molecule has 0 radical (unpaired) electrons.